The molecule has 30 heavy (non-hydrogen) atoms. The Labute approximate surface area is 180 Å². The summed E-state index contributed by atoms with van der Waals surface area (Å²) in [6.07, 6.45) is 0. The Morgan fingerprint density at radius 2 is 1.53 bits per heavy atom. The van der Waals surface area contributed by atoms with Gasteiger partial charge in [-0.1, -0.05) is 48.0 Å². The molecular formula is C23H21ClN4O2. The molecule has 0 bridgehead atoms. The molecule has 1 aliphatic heterocycles. The zero-order valence-corrected chi connectivity index (χ0v) is 17.0. The number of anilines is 2. The lowest BCUT2D eigenvalue weighted by molar-refractivity contribution is 0.0747. The lowest BCUT2D eigenvalue weighted by atomic mass is 10.1. The molecule has 0 saturated carbocycles. The number of nitrogens with one attached hydrogen (secondary N) is 1. The number of carbonyl (C=O) groups is 2. The van der Waals surface area contributed by atoms with Gasteiger partial charge in [0.2, 0.25) is 0 Å². The van der Waals surface area contributed by atoms with Crippen molar-refractivity contribution < 1.29 is 9.59 Å². The summed E-state index contributed by atoms with van der Waals surface area (Å²) in [5, 5.41) is 3.32. The molecule has 1 fully saturated rings. The maximum atomic E-state index is 13.2. The highest BCUT2D eigenvalue weighted by molar-refractivity contribution is 6.29. The van der Waals surface area contributed by atoms with Gasteiger partial charge in [0, 0.05) is 31.7 Å². The van der Waals surface area contributed by atoms with E-state index in [1.165, 1.54) is 0 Å². The third-order valence-electron chi connectivity index (χ3n) is 5.03. The van der Waals surface area contributed by atoms with Crippen LogP contribution < -0.4 is 10.2 Å². The van der Waals surface area contributed by atoms with E-state index >= 15 is 0 Å². The van der Waals surface area contributed by atoms with Crippen LogP contribution >= 0.6 is 11.6 Å². The molecule has 2 aromatic carbocycles. The number of piperazine rings is 1. The summed E-state index contributed by atoms with van der Waals surface area (Å²) in [4.78, 5) is 33.9. The molecule has 1 saturated heterocycles. The van der Waals surface area contributed by atoms with Crippen molar-refractivity contribution in [1.82, 2.24) is 9.88 Å². The van der Waals surface area contributed by atoms with E-state index in [0.29, 0.717) is 48.1 Å². The first-order chi connectivity index (χ1) is 14.6. The average molecular weight is 421 g/mol. The third kappa shape index (κ3) is 4.44. The van der Waals surface area contributed by atoms with Gasteiger partial charge in [0.25, 0.3) is 11.8 Å². The smallest absolute Gasteiger partial charge is 0.256 e. The molecule has 0 atom stereocenters. The van der Waals surface area contributed by atoms with Crippen LogP contribution in [0.3, 0.4) is 0 Å². The number of halogens is 1. The molecule has 0 spiro atoms. The molecule has 0 radical (unpaired) electrons. The van der Waals surface area contributed by atoms with E-state index in [1.807, 2.05) is 18.2 Å². The first kappa shape index (κ1) is 19.9. The van der Waals surface area contributed by atoms with Crippen molar-refractivity contribution in [2.45, 2.75) is 0 Å². The molecule has 0 unspecified atom stereocenters. The molecule has 152 valence electrons. The van der Waals surface area contributed by atoms with Crippen molar-refractivity contribution in [3.63, 3.8) is 0 Å². The number of rotatable bonds is 4. The molecule has 4 rings (SSSR count). The van der Waals surface area contributed by atoms with Gasteiger partial charge in [-0.3, -0.25) is 9.59 Å². The van der Waals surface area contributed by atoms with Gasteiger partial charge in [0.1, 0.15) is 11.0 Å². The van der Waals surface area contributed by atoms with E-state index in [4.69, 9.17) is 11.6 Å². The van der Waals surface area contributed by atoms with Crippen molar-refractivity contribution >= 4 is 34.9 Å². The van der Waals surface area contributed by atoms with E-state index in [0.717, 1.165) is 5.82 Å². The SMILES string of the molecule is O=C(Nc1ccccc1C(=O)N1CCN(c2cccc(Cl)n2)CC1)c1ccccc1. The largest absolute Gasteiger partial charge is 0.353 e. The fourth-order valence-electron chi connectivity index (χ4n) is 3.45. The number of hydrogen-bond donors (Lipinski definition) is 1. The van der Waals surface area contributed by atoms with Crippen LogP contribution in [0.5, 0.6) is 0 Å². The van der Waals surface area contributed by atoms with Crippen LogP contribution in [-0.4, -0.2) is 47.9 Å². The monoisotopic (exact) mass is 420 g/mol. The van der Waals surface area contributed by atoms with Crippen LogP contribution in [0.25, 0.3) is 0 Å². The topological polar surface area (TPSA) is 65.5 Å². The van der Waals surface area contributed by atoms with Gasteiger partial charge < -0.3 is 15.1 Å². The molecule has 3 aromatic rings. The summed E-state index contributed by atoms with van der Waals surface area (Å²) in [6, 6.07) is 21.6. The maximum absolute atomic E-state index is 13.2. The highest BCUT2D eigenvalue weighted by atomic mass is 35.5. The second-order valence-electron chi connectivity index (χ2n) is 6.96. The minimum absolute atomic E-state index is 0.0994. The average Bonchev–Trinajstić information content (AvgIpc) is 2.80. The maximum Gasteiger partial charge on any atom is 0.256 e. The molecule has 7 heteroatoms. The third-order valence-corrected chi connectivity index (χ3v) is 5.24. The first-order valence-electron chi connectivity index (χ1n) is 9.74. The van der Waals surface area contributed by atoms with E-state index in [2.05, 4.69) is 15.2 Å². The summed E-state index contributed by atoms with van der Waals surface area (Å²) in [5.74, 6) is 0.468. The van der Waals surface area contributed by atoms with E-state index < -0.39 is 0 Å². The predicted octanol–water partition coefficient (Wildman–Crippen LogP) is 3.95. The second kappa shape index (κ2) is 8.97. The molecule has 2 amide bonds. The Morgan fingerprint density at radius 3 is 2.27 bits per heavy atom. The van der Waals surface area contributed by atoms with Crippen LogP contribution in [0.15, 0.2) is 72.8 Å². The van der Waals surface area contributed by atoms with Gasteiger partial charge >= 0.3 is 0 Å². The Balaban J connectivity index is 1.45. The van der Waals surface area contributed by atoms with Gasteiger partial charge in [-0.25, -0.2) is 4.98 Å². The highest BCUT2D eigenvalue weighted by Gasteiger charge is 2.25. The van der Waals surface area contributed by atoms with E-state index in [1.54, 1.807) is 59.5 Å². The molecular weight excluding hydrogens is 400 g/mol. The van der Waals surface area contributed by atoms with E-state index in [9.17, 15) is 9.59 Å². The normalized spacial score (nSPS) is 13.8. The van der Waals surface area contributed by atoms with Gasteiger partial charge in [-0.15, -0.1) is 0 Å². The highest BCUT2D eigenvalue weighted by Crippen LogP contribution is 2.21. The fourth-order valence-corrected chi connectivity index (χ4v) is 3.60. The predicted molar refractivity (Wildman–Crippen MR) is 118 cm³/mol. The molecule has 0 aliphatic carbocycles. The fraction of sp³-hybridized carbons (Fsp3) is 0.174. The number of pyridine rings is 1. The van der Waals surface area contributed by atoms with Gasteiger partial charge in [-0.2, -0.15) is 0 Å². The first-order valence-corrected chi connectivity index (χ1v) is 10.1. The zero-order chi connectivity index (χ0) is 20.9. The molecule has 2 heterocycles. The number of benzene rings is 2. The Hall–Kier alpha value is -3.38. The number of carbonyl (C=O) groups excluding carboxylic acids is 2. The van der Waals surface area contributed by atoms with Crippen LogP contribution in [0.2, 0.25) is 5.15 Å². The summed E-state index contributed by atoms with van der Waals surface area (Å²) in [6.45, 7) is 2.46. The summed E-state index contributed by atoms with van der Waals surface area (Å²) >= 11 is 5.99. The van der Waals surface area contributed by atoms with Gasteiger partial charge in [0.05, 0.1) is 11.3 Å². The number of para-hydroxylation sites is 1. The Morgan fingerprint density at radius 1 is 0.833 bits per heavy atom. The number of amides is 2. The number of aromatic nitrogens is 1. The quantitative estimate of drug-likeness (QED) is 0.649. The standard InChI is InChI=1S/C23H21ClN4O2/c24-20-11-6-12-21(26-20)27-13-15-28(16-14-27)23(30)18-9-4-5-10-19(18)25-22(29)17-7-2-1-3-8-17/h1-12H,13-16H2,(H,25,29). The second-order valence-corrected chi connectivity index (χ2v) is 7.35. The van der Waals surface area contributed by atoms with Crippen LogP contribution in [0.1, 0.15) is 20.7 Å². The molecule has 1 N–H and O–H groups in total. The van der Waals surface area contributed by atoms with Crippen molar-refractivity contribution in [2.24, 2.45) is 0 Å². The Bertz CT molecular complexity index is 1050. The zero-order valence-electron chi connectivity index (χ0n) is 16.3. The molecule has 1 aliphatic rings. The van der Waals surface area contributed by atoms with Crippen molar-refractivity contribution in [1.29, 1.82) is 0 Å². The van der Waals surface area contributed by atoms with Gasteiger partial charge in [0.15, 0.2) is 0 Å². The summed E-state index contributed by atoms with van der Waals surface area (Å²) in [7, 11) is 0. The minimum atomic E-state index is -0.243. The number of hydrogen-bond acceptors (Lipinski definition) is 4. The summed E-state index contributed by atoms with van der Waals surface area (Å²) in [5.41, 5.74) is 1.54. The van der Waals surface area contributed by atoms with Crippen molar-refractivity contribution in [3.8, 4) is 0 Å². The molecule has 6 nitrogen and oxygen atoms in total. The van der Waals surface area contributed by atoms with Crippen LogP contribution in [0, 0.1) is 0 Å². The lowest BCUT2D eigenvalue weighted by Crippen LogP contribution is -2.49. The summed E-state index contributed by atoms with van der Waals surface area (Å²) < 4.78 is 0. The van der Waals surface area contributed by atoms with Crippen LogP contribution in [-0.2, 0) is 0 Å². The van der Waals surface area contributed by atoms with Crippen LogP contribution in [0.4, 0.5) is 11.5 Å². The Kier molecular flexibility index (Phi) is 5.95. The number of nitrogens with zero attached hydrogens (tertiary/aromatic N) is 3. The molecule has 1 aromatic heterocycles. The van der Waals surface area contributed by atoms with Crippen molar-refractivity contribution in [2.75, 3.05) is 36.4 Å². The minimum Gasteiger partial charge on any atom is -0.353 e. The lowest BCUT2D eigenvalue weighted by Gasteiger charge is -2.35. The van der Waals surface area contributed by atoms with Crippen molar-refractivity contribution in [3.05, 3.63) is 89.1 Å². The van der Waals surface area contributed by atoms with E-state index in [-0.39, 0.29) is 11.8 Å². The van der Waals surface area contributed by atoms with Gasteiger partial charge in [-0.05, 0) is 36.4 Å².